The fourth-order valence-electron chi connectivity index (χ4n) is 0.282. The van der Waals surface area contributed by atoms with Crippen LogP contribution in [0.4, 0.5) is 0 Å². The second-order valence-corrected chi connectivity index (χ2v) is 3.09. The Labute approximate surface area is 60.4 Å². The van der Waals surface area contributed by atoms with E-state index in [2.05, 4.69) is 6.58 Å². The molecule has 1 atom stereocenters. The zero-order chi connectivity index (χ0) is 6.57. The lowest BCUT2D eigenvalue weighted by Crippen LogP contribution is -1.98. The van der Waals surface area contributed by atoms with Crippen LogP contribution in [0.5, 0.6) is 0 Å². The summed E-state index contributed by atoms with van der Waals surface area (Å²) in [5.74, 6) is 0.375. The van der Waals surface area contributed by atoms with Crippen molar-refractivity contribution < 1.29 is 0 Å². The number of allylic oxidation sites excluding steroid dienone is 1. The molecule has 0 radical (unpaired) electrons. The molecule has 0 spiro atoms. The van der Waals surface area contributed by atoms with E-state index in [0.717, 1.165) is 4.20 Å². The second-order valence-electron chi connectivity index (χ2n) is 1.55. The van der Waals surface area contributed by atoms with E-state index in [9.17, 15) is 0 Å². The maximum atomic E-state index is 4.97. The molecule has 0 aliphatic rings. The quantitative estimate of drug-likeness (QED) is 0.433. The molecule has 2 heteroatoms. The molecule has 0 saturated heterocycles. The molecule has 0 aliphatic heterocycles. The summed E-state index contributed by atoms with van der Waals surface area (Å²) in [5.41, 5.74) is 0. The van der Waals surface area contributed by atoms with Crippen LogP contribution in [0.3, 0.4) is 0 Å². The van der Waals surface area contributed by atoms with Crippen molar-refractivity contribution in [2.45, 2.75) is 6.92 Å². The Balaban J connectivity index is 3.62. The Morgan fingerprint density at radius 1 is 1.88 bits per heavy atom. The average Bonchev–Trinajstić information content (AvgIpc) is 1.84. The molecular weight excluding hydrogens is 136 g/mol. The normalized spacial score (nSPS) is 12.8. The summed E-state index contributed by atoms with van der Waals surface area (Å²) >= 11 is 6.59. The fourth-order valence-corrected chi connectivity index (χ4v) is 0.846. The van der Waals surface area contributed by atoms with Gasteiger partial charge in [-0.1, -0.05) is 25.2 Å². The van der Waals surface area contributed by atoms with Crippen LogP contribution in [0.1, 0.15) is 6.92 Å². The third-order valence-corrected chi connectivity index (χ3v) is 2.57. The lowest BCUT2D eigenvalue weighted by molar-refractivity contribution is 1.04. The number of hydrogen-bond acceptors (Lipinski definition) is 2. The molecule has 0 N–H and O–H groups in total. The van der Waals surface area contributed by atoms with Crippen molar-refractivity contribution in [1.82, 2.24) is 0 Å². The van der Waals surface area contributed by atoms with Crippen LogP contribution in [0.2, 0.25) is 0 Å². The van der Waals surface area contributed by atoms with Crippen molar-refractivity contribution in [2.75, 3.05) is 6.26 Å². The third kappa shape index (κ3) is 2.48. The molecule has 0 nitrogen and oxygen atoms in total. The highest BCUT2D eigenvalue weighted by Crippen LogP contribution is 2.09. The van der Waals surface area contributed by atoms with Gasteiger partial charge in [-0.15, -0.1) is 18.3 Å². The number of thiocarbonyl (C=S) groups is 1. The predicted molar refractivity (Wildman–Crippen MR) is 45.5 cm³/mol. The first kappa shape index (κ1) is 8.18. The van der Waals surface area contributed by atoms with Crippen LogP contribution in [0, 0.1) is 5.92 Å². The van der Waals surface area contributed by atoms with Crippen molar-refractivity contribution in [3.63, 3.8) is 0 Å². The van der Waals surface area contributed by atoms with Gasteiger partial charge in [0.05, 0.1) is 4.20 Å². The van der Waals surface area contributed by atoms with Crippen molar-refractivity contribution in [3.05, 3.63) is 12.7 Å². The summed E-state index contributed by atoms with van der Waals surface area (Å²) in [5, 5.41) is 0. The molecule has 0 aliphatic carbocycles. The van der Waals surface area contributed by atoms with E-state index in [1.54, 1.807) is 11.8 Å². The average molecular weight is 146 g/mol. The van der Waals surface area contributed by atoms with Crippen molar-refractivity contribution in [1.29, 1.82) is 0 Å². The van der Waals surface area contributed by atoms with Gasteiger partial charge in [0.25, 0.3) is 0 Å². The first-order valence-electron chi connectivity index (χ1n) is 2.42. The standard InChI is InChI=1S/C6H10S2/c1-4-5(2)6(7)8-3/h4-5H,1H2,2-3H3. The van der Waals surface area contributed by atoms with Crippen LogP contribution in [0.25, 0.3) is 0 Å². The first-order valence-corrected chi connectivity index (χ1v) is 4.06. The molecule has 0 aromatic carbocycles. The largest absolute Gasteiger partial charge is 0.122 e. The SMILES string of the molecule is C=CC(C)C(=S)SC. The predicted octanol–water partition coefficient (Wildman–Crippen LogP) is 2.50. The maximum absolute atomic E-state index is 4.97. The zero-order valence-electron chi connectivity index (χ0n) is 5.18. The minimum Gasteiger partial charge on any atom is -0.122 e. The second kappa shape index (κ2) is 4.10. The van der Waals surface area contributed by atoms with E-state index in [0.29, 0.717) is 5.92 Å². The van der Waals surface area contributed by atoms with Crippen LogP contribution in [-0.4, -0.2) is 10.5 Å². The molecule has 0 bridgehead atoms. The summed E-state index contributed by atoms with van der Waals surface area (Å²) in [6, 6.07) is 0. The molecule has 0 rings (SSSR count). The first-order chi connectivity index (χ1) is 3.72. The van der Waals surface area contributed by atoms with Crippen LogP contribution in [0.15, 0.2) is 12.7 Å². The third-order valence-electron chi connectivity index (χ3n) is 0.927. The molecule has 8 heavy (non-hydrogen) atoms. The van der Waals surface area contributed by atoms with Gasteiger partial charge in [0.1, 0.15) is 0 Å². The highest BCUT2D eigenvalue weighted by atomic mass is 32.2. The van der Waals surface area contributed by atoms with Gasteiger partial charge in [-0.3, -0.25) is 0 Å². The van der Waals surface area contributed by atoms with Gasteiger partial charge >= 0.3 is 0 Å². The van der Waals surface area contributed by atoms with Crippen LogP contribution >= 0.6 is 24.0 Å². The van der Waals surface area contributed by atoms with E-state index >= 15 is 0 Å². The molecule has 46 valence electrons. The van der Waals surface area contributed by atoms with Gasteiger partial charge in [-0.2, -0.15) is 0 Å². The number of thioether (sulfide) groups is 1. The van der Waals surface area contributed by atoms with E-state index in [-0.39, 0.29) is 0 Å². The van der Waals surface area contributed by atoms with Gasteiger partial charge in [0.2, 0.25) is 0 Å². The molecule has 0 amide bonds. The molecular formula is C6H10S2. The molecule has 0 heterocycles. The Morgan fingerprint density at radius 2 is 2.38 bits per heavy atom. The summed E-state index contributed by atoms with van der Waals surface area (Å²) in [7, 11) is 0. The Morgan fingerprint density at radius 3 is 2.50 bits per heavy atom. The highest BCUT2D eigenvalue weighted by molar-refractivity contribution is 8.22. The minimum atomic E-state index is 0.375. The molecule has 0 saturated carbocycles. The lowest BCUT2D eigenvalue weighted by Gasteiger charge is -2.01. The smallest absolute Gasteiger partial charge is 0.0541 e. The maximum Gasteiger partial charge on any atom is 0.0541 e. The Kier molecular flexibility index (Phi) is 4.19. The summed E-state index contributed by atoms with van der Waals surface area (Å²) in [4.78, 5) is 0. The van der Waals surface area contributed by atoms with Gasteiger partial charge < -0.3 is 0 Å². The minimum absolute atomic E-state index is 0.375. The van der Waals surface area contributed by atoms with Gasteiger partial charge in [-0.05, 0) is 6.26 Å². The zero-order valence-corrected chi connectivity index (χ0v) is 6.81. The molecule has 0 aromatic rings. The van der Waals surface area contributed by atoms with E-state index in [1.165, 1.54) is 0 Å². The van der Waals surface area contributed by atoms with E-state index in [4.69, 9.17) is 12.2 Å². The van der Waals surface area contributed by atoms with Crippen molar-refractivity contribution in [3.8, 4) is 0 Å². The molecule has 1 unspecified atom stereocenters. The van der Waals surface area contributed by atoms with Gasteiger partial charge in [0.15, 0.2) is 0 Å². The van der Waals surface area contributed by atoms with Crippen LogP contribution in [-0.2, 0) is 0 Å². The fraction of sp³-hybridized carbons (Fsp3) is 0.500. The Hall–Kier alpha value is 0.180. The van der Waals surface area contributed by atoms with E-state index < -0.39 is 0 Å². The summed E-state index contributed by atoms with van der Waals surface area (Å²) in [6.45, 7) is 5.68. The summed E-state index contributed by atoms with van der Waals surface area (Å²) in [6.07, 6.45) is 3.85. The van der Waals surface area contributed by atoms with Gasteiger partial charge in [0, 0.05) is 5.92 Å². The number of rotatable bonds is 2. The monoisotopic (exact) mass is 146 g/mol. The van der Waals surface area contributed by atoms with Crippen molar-refractivity contribution >= 4 is 28.2 Å². The molecule has 0 fully saturated rings. The topological polar surface area (TPSA) is 0 Å². The highest BCUT2D eigenvalue weighted by Gasteiger charge is 1.99. The number of hydrogen-bond donors (Lipinski definition) is 0. The molecule has 0 aromatic heterocycles. The van der Waals surface area contributed by atoms with Crippen molar-refractivity contribution in [2.24, 2.45) is 5.92 Å². The van der Waals surface area contributed by atoms with Crippen LogP contribution < -0.4 is 0 Å². The van der Waals surface area contributed by atoms with E-state index in [1.807, 2.05) is 19.3 Å². The Bertz CT molecular complexity index is 96.7. The van der Waals surface area contributed by atoms with Gasteiger partial charge in [-0.25, -0.2) is 0 Å². The summed E-state index contributed by atoms with van der Waals surface area (Å²) < 4.78 is 1.01. The lowest BCUT2D eigenvalue weighted by atomic mass is 10.2.